The van der Waals surface area contributed by atoms with Crippen LogP contribution in [0.15, 0.2) is 42.7 Å². The quantitative estimate of drug-likeness (QED) is 0.746. The van der Waals surface area contributed by atoms with E-state index in [0.717, 1.165) is 38.9 Å². The molecule has 2 amide bonds. The monoisotopic (exact) mass is 408 g/mol. The van der Waals surface area contributed by atoms with Crippen molar-refractivity contribution < 1.29 is 9.59 Å². The van der Waals surface area contributed by atoms with Crippen LogP contribution in [0.2, 0.25) is 0 Å². The third-order valence-electron chi connectivity index (χ3n) is 5.79. The molecular weight excluding hydrogens is 380 g/mol. The molecule has 8 heteroatoms. The summed E-state index contributed by atoms with van der Waals surface area (Å²) >= 11 is 0. The van der Waals surface area contributed by atoms with Gasteiger partial charge < -0.3 is 20.0 Å². The van der Waals surface area contributed by atoms with Gasteiger partial charge >= 0.3 is 0 Å². The van der Waals surface area contributed by atoms with E-state index in [1.165, 1.54) is 11.9 Å². The molecule has 1 unspecified atom stereocenters. The second kappa shape index (κ2) is 9.11. The highest BCUT2D eigenvalue weighted by Crippen LogP contribution is 2.20. The normalized spacial score (nSPS) is 19.5. The Hall–Kier alpha value is -3.16. The molecular formula is C22H28N6O2. The molecule has 0 saturated carbocycles. The molecule has 4 rings (SSSR count). The van der Waals surface area contributed by atoms with E-state index in [0.29, 0.717) is 24.7 Å². The number of aryl methyl sites for hydroxylation is 1. The Balaban J connectivity index is 1.30. The fourth-order valence-electron chi connectivity index (χ4n) is 3.95. The van der Waals surface area contributed by atoms with Crippen LogP contribution in [-0.4, -0.2) is 77.4 Å². The van der Waals surface area contributed by atoms with Gasteiger partial charge in [-0.15, -0.1) is 0 Å². The van der Waals surface area contributed by atoms with Crippen LogP contribution >= 0.6 is 0 Å². The Bertz CT molecular complexity index is 890. The fourth-order valence-corrected chi connectivity index (χ4v) is 3.95. The lowest BCUT2D eigenvalue weighted by atomic mass is 10.1. The van der Waals surface area contributed by atoms with Crippen LogP contribution in [0.5, 0.6) is 0 Å². The molecule has 8 nitrogen and oxygen atoms in total. The minimum absolute atomic E-state index is 0.0755. The Morgan fingerprint density at radius 2 is 1.93 bits per heavy atom. The number of hydrogen-bond acceptors (Lipinski definition) is 6. The van der Waals surface area contributed by atoms with Crippen LogP contribution in [0.25, 0.3) is 0 Å². The summed E-state index contributed by atoms with van der Waals surface area (Å²) in [5, 5.41) is 3.26. The summed E-state index contributed by atoms with van der Waals surface area (Å²) in [6.07, 6.45) is 4.17. The Morgan fingerprint density at radius 1 is 1.10 bits per heavy atom. The number of nitrogens with one attached hydrogen (secondary N) is 1. The van der Waals surface area contributed by atoms with Crippen molar-refractivity contribution in [3.8, 4) is 0 Å². The van der Waals surface area contributed by atoms with E-state index in [2.05, 4.69) is 27.4 Å². The molecule has 1 aromatic carbocycles. The molecule has 0 aliphatic carbocycles. The van der Waals surface area contributed by atoms with Crippen molar-refractivity contribution in [2.45, 2.75) is 25.3 Å². The zero-order chi connectivity index (χ0) is 20.9. The average molecular weight is 409 g/mol. The van der Waals surface area contributed by atoms with E-state index < -0.39 is 0 Å². The van der Waals surface area contributed by atoms with Gasteiger partial charge in [0, 0.05) is 39.3 Å². The van der Waals surface area contributed by atoms with Gasteiger partial charge in [0.15, 0.2) is 0 Å². The highest BCUT2D eigenvalue weighted by molar-refractivity contribution is 5.86. The van der Waals surface area contributed by atoms with E-state index >= 15 is 0 Å². The third-order valence-corrected chi connectivity index (χ3v) is 5.79. The smallest absolute Gasteiger partial charge is 0.245 e. The second-order valence-corrected chi connectivity index (χ2v) is 7.90. The maximum atomic E-state index is 12.8. The van der Waals surface area contributed by atoms with Crippen molar-refractivity contribution in [1.82, 2.24) is 19.8 Å². The van der Waals surface area contributed by atoms with Crippen LogP contribution in [0.1, 0.15) is 18.4 Å². The number of nitrogens with zero attached hydrogens (tertiary/aromatic N) is 5. The summed E-state index contributed by atoms with van der Waals surface area (Å²) in [6.45, 7) is 3.24. The van der Waals surface area contributed by atoms with Crippen molar-refractivity contribution in [2.24, 2.45) is 0 Å². The molecule has 1 N–H and O–H groups in total. The molecule has 158 valence electrons. The Kier molecular flexibility index (Phi) is 6.11. The van der Waals surface area contributed by atoms with Gasteiger partial charge in [-0.3, -0.25) is 9.59 Å². The first-order chi connectivity index (χ1) is 14.6. The topological polar surface area (TPSA) is 81.7 Å². The summed E-state index contributed by atoms with van der Waals surface area (Å²) in [4.78, 5) is 38.9. The molecule has 2 saturated heterocycles. The zero-order valence-electron chi connectivity index (χ0n) is 17.3. The number of piperazine rings is 1. The largest absolute Gasteiger partial charge is 0.358 e. The molecule has 0 spiro atoms. The number of likely N-dealkylation sites (tertiary alicyclic amines) is 1. The molecule has 2 aliphatic rings. The summed E-state index contributed by atoms with van der Waals surface area (Å²) in [6, 6.07) is 11.9. The second-order valence-electron chi connectivity index (χ2n) is 7.90. The van der Waals surface area contributed by atoms with E-state index in [1.54, 1.807) is 4.90 Å². The van der Waals surface area contributed by atoms with Crippen LogP contribution < -0.4 is 10.2 Å². The molecule has 0 radical (unpaired) electrons. The number of benzene rings is 1. The standard InChI is InChI=1S/C22H28N6O2/c1-26-12-13-28(15-21(26)29)20-14-19(23-16-24-20)25-18-9-11-27(22(18)30)10-5-8-17-6-3-2-4-7-17/h2-4,6-7,14,16,18H,5,8-13,15H2,1H3,(H,23,24,25). The predicted molar refractivity (Wildman–Crippen MR) is 115 cm³/mol. The van der Waals surface area contributed by atoms with Gasteiger partial charge in [0.2, 0.25) is 11.8 Å². The number of likely N-dealkylation sites (N-methyl/N-ethyl adjacent to an activating group) is 1. The maximum absolute atomic E-state index is 12.8. The minimum Gasteiger partial charge on any atom is -0.358 e. The van der Waals surface area contributed by atoms with Crippen molar-refractivity contribution >= 4 is 23.5 Å². The van der Waals surface area contributed by atoms with Crippen molar-refractivity contribution in [1.29, 1.82) is 0 Å². The third kappa shape index (κ3) is 4.69. The first-order valence-corrected chi connectivity index (χ1v) is 10.5. The number of carbonyl (C=O) groups is 2. The Morgan fingerprint density at radius 3 is 2.73 bits per heavy atom. The first kappa shape index (κ1) is 20.1. The van der Waals surface area contributed by atoms with E-state index in [-0.39, 0.29) is 17.9 Å². The maximum Gasteiger partial charge on any atom is 0.245 e. The highest BCUT2D eigenvalue weighted by Gasteiger charge is 2.31. The lowest BCUT2D eigenvalue weighted by Crippen LogP contribution is -2.48. The summed E-state index contributed by atoms with van der Waals surface area (Å²) in [5.74, 6) is 1.53. The van der Waals surface area contributed by atoms with Crippen LogP contribution in [0, 0.1) is 0 Å². The van der Waals surface area contributed by atoms with E-state index in [1.807, 2.05) is 41.1 Å². The van der Waals surface area contributed by atoms with E-state index in [9.17, 15) is 9.59 Å². The van der Waals surface area contributed by atoms with Crippen LogP contribution in [0.4, 0.5) is 11.6 Å². The van der Waals surface area contributed by atoms with Gasteiger partial charge in [-0.1, -0.05) is 30.3 Å². The molecule has 1 aromatic heterocycles. The Labute approximate surface area is 176 Å². The molecule has 0 bridgehead atoms. The number of aromatic nitrogens is 2. The van der Waals surface area contributed by atoms with Gasteiger partial charge in [-0.05, 0) is 24.8 Å². The lowest BCUT2D eigenvalue weighted by molar-refractivity contribution is -0.129. The lowest BCUT2D eigenvalue weighted by Gasteiger charge is -2.32. The predicted octanol–water partition coefficient (Wildman–Crippen LogP) is 1.40. The van der Waals surface area contributed by atoms with Crippen LogP contribution in [-0.2, 0) is 16.0 Å². The number of carbonyl (C=O) groups excluding carboxylic acids is 2. The minimum atomic E-state index is -0.265. The van der Waals surface area contributed by atoms with Gasteiger partial charge in [0.25, 0.3) is 0 Å². The SMILES string of the molecule is CN1CCN(c2cc(NC3CCN(CCCc4ccccc4)C3=O)ncn2)CC1=O. The number of rotatable bonds is 7. The number of anilines is 2. The van der Waals surface area contributed by atoms with Gasteiger partial charge in [-0.2, -0.15) is 0 Å². The summed E-state index contributed by atoms with van der Waals surface area (Å²) in [7, 11) is 1.81. The molecule has 30 heavy (non-hydrogen) atoms. The molecule has 2 aliphatic heterocycles. The molecule has 2 fully saturated rings. The van der Waals surface area contributed by atoms with Crippen LogP contribution in [0.3, 0.4) is 0 Å². The fraction of sp³-hybridized carbons (Fsp3) is 0.455. The first-order valence-electron chi connectivity index (χ1n) is 10.5. The van der Waals surface area contributed by atoms with Crippen molar-refractivity contribution in [2.75, 3.05) is 50.0 Å². The number of hydrogen-bond donors (Lipinski definition) is 1. The highest BCUT2D eigenvalue weighted by atomic mass is 16.2. The van der Waals surface area contributed by atoms with Crippen molar-refractivity contribution in [3.63, 3.8) is 0 Å². The molecule has 3 heterocycles. The van der Waals surface area contributed by atoms with Gasteiger partial charge in [-0.25, -0.2) is 9.97 Å². The number of amides is 2. The van der Waals surface area contributed by atoms with E-state index in [4.69, 9.17) is 0 Å². The van der Waals surface area contributed by atoms with Gasteiger partial charge in [0.1, 0.15) is 24.0 Å². The van der Waals surface area contributed by atoms with Crippen molar-refractivity contribution in [3.05, 3.63) is 48.3 Å². The zero-order valence-corrected chi connectivity index (χ0v) is 17.3. The average Bonchev–Trinajstić information content (AvgIpc) is 3.10. The summed E-state index contributed by atoms with van der Waals surface area (Å²) in [5.41, 5.74) is 1.30. The van der Waals surface area contributed by atoms with Gasteiger partial charge in [0.05, 0.1) is 6.54 Å². The molecule has 2 aromatic rings. The summed E-state index contributed by atoms with van der Waals surface area (Å²) < 4.78 is 0. The molecule has 1 atom stereocenters.